The van der Waals surface area contributed by atoms with Gasteiger partial charge in [-0.3, -0.25) is 0 Å². The molecule has 0 aliphatic heterocycles. The topological polar surface area (TPSA) is 39.7 Å². The van der Waals surface area contributed by atoms with Gasteiger partial charge in [0.2, 0.25) is 0 Å². The molecule has 0 heterocycles. The van der Waals surface area contributed by atoms with Crippen molar-refractivity contribution in [2.75, 3.05) is 34.9 Å². The van der Waals surface area contributed by atoms with E-state index in [0.29, 0.717) is 0 Å². The van der Waals surface area contributed by atoms with Gasteiger partial charge in [0.05, 0.1) is 0 Å². The molecule has 0 amide bonds. The number of hydrogen-bond acceptors (Lipinski definition) is 4. The lowest BCUT2D eigenvalue weighted by Gasteiger charge is -2.25. The van der Waals surface area contributed by atoms with E-state index in [1.807, 2.05) is 7.05 Å². The van der Waals surface area contributed by atoms with Crippen molar-refractivity contribution < 1.29 is 13.3 Å². The summed E-state index contributed by atoms with van der Waals surface area (Å²) < 4.78 is 16.4. The van der Waals surface area contributed by atoms with Gasteiger partial charge in [-0.1, -0.05) is 26.2 Å². The summed E-state index contributed by atoms with van der Waals surface area (Å²) in [7, 11) is 4.73. The minimum Gasteiger partial charge on any atom is -0.377 e. The van der Waals surface area contributed by atoms with Crippen LogP contribution in [0.3, 0.4) is 0 Å². The Morgan fingerprint density at radius 1 is 0.947 bits per heavy atom. The first-order valence-electron chi connectivity index (χ1n) is 7.48. The summed E-state index contributed by atoms with van der Waals surface area (Å²) in [6.07, 6.45) is 7.56. The van der Waals surface area contributed by atoms with Gasteiger partial charge in [0, 0.05) is 27.4 Å². The molecule has 0 aliphatic rings. The first kappa shape index (κ1) is 19.1. The molecule has 1 atom stereocenters. The van der Waals surface area contributed by atoms with Crippen molar-refractivity contribution in [1.82, 2.24) is 5.32 Å². The Balaban J connectivity index is 4.02. The summed E-state index contributed by atoms with van der Waals surface area (Å²) in [4.78, 5) is 0. The average Bonchev–Trinajstić information content (AvgIpc) is 2.44. The van der Waals surface area contributed by atoms with E-state index in [-0.39, 0.29) is 0 Å². The van der Waals surface area contributed by atoms with Crippen LogP contribution in [0.4, 0.5) is 0 Å². The van der Waals surface area contributed by atoms with Crippen LogP contribution >= 0.6 is 0 Å². The maximum atomic E-state index is 5.46. The molecule has 0 saturated heterocycles. The highest BCUT2D eigenvalue weighted by molar-refractivity contribution is 6.60. The minimum atomic E-state index is -2.36. The maximum Gasteiger partial charge on any atom is 0.500 e. The smallest absolute Gasteiger partial charge is 0.377 e. The first-order valence-corrected chi connectivity index (χ1v) is 9.41. The van der Waals surface area contributed by atoms with Crippen LogP contribution in [-0.2, 0) is 13.3 Å². The number of nitrogens with one attached hydrogen (secondary N) is 1. The Kier molecular flexibility index (Phi) is 11.9. The second-order valence-electron chi connectivity index (χ2n) is 5.09. The number of rotatable bonds is 13. The molecule has 0 fully saturated rings. The summed E-state index contributed by atoms with van der Waals surface area (Å²) in [5, 5.41) is 3.22. The second-order valence-corrected chi connectivity index (χ2v) is 8.18. The molecule has 0 spiro atoms. The van der Waals surface area contributed by atoms with Gasteiger partial charge in [-0.2, -0.15) is 0 Å². The Bertz CT molecular complexity index is 193. The Labute approximate surface area is 120 Å². The van der Waals surface area contributed by atoms with E-state index in [9.17, 15) is 0 Å². The molecule has 0 aromatic rings. The van der Waals surface area contributed by atoms with Crippen LogP contribution in [-0.4, -0.2) is 43.7 Å². The molecule has 1 unspecified atom stereocenters. The van der Waals surface area contributed by atoms with Gasteiger partial charge < -0.3 is 18.6 Å². The largest absolute Gasteiger partial charge is 0.500 e. The van der Waals surface area contributed by atoms with Gasteiger partial charge in [-0.25, -0.2) is 0 Å². The molecular weight excluding hydrogens is 258 g/mol. The van der Waals surface area contributed by atoms with Gasteiger partial charge in [-0.15, -0.1) is 0 Å². The molecule has 0 aliphatic carbocycles. The van der Waals surface area contributed by atoms with Gasteiger partial charge in [0.1, 0.15) is 0 Å². The molecule has 1 N–H and O–H groups in total. The van der Waals surface area contributed by atoms with Crippen molar-refractivity contribution in [2.45, 2.75) is 51.5 Å². The summed E-state index contributed by atoms with van der Waals surface area (Å²) in [6, 6.07) is 0.919. The fourth-order valence-corrected chi connectivity index (χ4v) is 4.32. The van der Waals surface area contributed by atoms with Crippen molar-refractivity contribution in [2.24, 2.45) is 5.92 Å². The summed E-state index contributed by atoms with van der Waals surface area (Å²) in [5.41, 5.74) is 0. The van der Waals surface area contributed by atoms with Crippen LogP contribution in [0.5, 0.6) is 0 Å². The zero-order chi connectivity index (χ0) is 14.6. The quantitative estimate of drug-likeness (QED) is 0.418. The summed E-state index contributed by atoms with van der Waals surface area (Å²) in [6.45, 7) is 3.39. The third-order valence-corrected chi connectivity index (χ3v) is 6.60. The molecule has 0 aromatic carbocycles. The molecule has 0 radical (unpaired) electrons. The third kappa shape index (κ3) is 8.04. The van der Waals surface area contributed by atoms with Crippen LogP contribution in [0.2, 0.25) is 6.04 Å². The summed E-state index contributed by atoms with van der Waals surface area (Å²) >= 11 is 0. The van der Waals surface area contributed by atoms with Crippen molar-refractivity contribution in [3.63, 3.8) is 0 Å². The maximum absolute atomic E-state index is 5.46. The van der Waals surface area contributed by atoms with Gasteiger partial charge >= 0.3 is 8.80 Å². The molecule has 0 saturated carbocycles. The molecule has 0 rings (SSSR count). The predicted octanol–water partition coefficient (Wildman–Crippen LogP) is 3.06. The van der Waals surface area contributed by atoms with Gasteiger partial charge in [-0.05, 0) is 38.8 Å². The van der Waals surface area contributed by atoms with Crippen LogP contribution in [0, 0.1) is 5.92 Å². The fraction of sp³-hybridized carbons (Fsp3) is 1.00. The summed E-state index contributed by atoms with van der Waals surface area (Å²) in [5.74, 6) is 0.829. The highest BCUT2D eigenvalue weighted by atomic mass is 28.4. The third-order valence-electron chi connectivity index (χ3n) is 3.76. The molecular formula is C14H33NO3Si. The highest BCUT2D eigenvalue weighted by Crippen LogP contribution is 2.24. The lowest BCUT2D eigenvalue weighted by Crippen LogP contribution is -2.42. The first-order chi connectivity index (χ1) is 9.17. The lowest BCUT2D eigenvalue weighted by atomic mass is 9.93. The van der Waals surface area contributed by atoms with Crippen LogP contribution in [0.15, 0.2) is 0 Å². The van der Waals surface area contributed by atoms with Crippen molar-refractivity contribution in [1.29, 1.82) is 0 Å². The van der Waals surface area contributed by atoms with Gasteiger partial charge in [0.25, 0.3) is 0 Å². The van der Waals surface area contributed by atoms with E-state index in [0.717, 1.165) is 24.9 Å². The van der Waals surface area contributed by atoms with E-state index < -0.39 is 8.80 Å². The molecule has 5 heteroatoms. The SMILES string of the molecule is CCCC(CCCNC)CCC[Si](OC)(OC)OC. The van der Waals surface area contributed by atoms with Crippen LogP contribution in [0.1, 0.15) is 45.4 Å². The molecule has 19 heavy (non-hydrogen) atoms. The van der Waals surface area contributed by atoms with Crippen LogP contribution in [0.25, 0.3) is 0 Å². The monoisotopic (exact) mass is 291 g/mol. The van der Waals surface area contributed by atoms with E-state index in [1.165, 1.54) is 32.1 Å². The normalized spacial score (nSPS) is 13.7. The van der Waals surface area contributed by atoms with E-state index >= 15 is 0 Å². The molecule has 0 bridgehead atoms. The Hall–Kier alpha value is 0.0569. The second kappa shape index (κ2) is 11.8. The van der Waals surface area contributed by atoms with E-state index in [1.54, 1.807) is 21.3 Å². The predicted molar refractivity (Wildman–Crippen MR) is 82.4 cm³/mol. The van der Waals surface area contributed by atoms with E-state index in [2.05, 4.69) is 12.2 Å². The van der Waals surface area contributed by atoms with Crippen molar-refractivity contribution in [3.05, 3.63) is 0 Å². The van der Waals surface area contributed by atoms with Gasteiger partial charge in [0.15, 0.2) is 0 Å². The Morgan fingerprint density at radius 3 is 2.00 bits per heavy atom. The standard InChI is InChI=1S/C14H33NO3Si/c1-6-9-14(10-7-12-15-2)11-8-13-19(16-3,17-4)18-5/h14-15H,6-13H2,1-5H3. The van der Waals surface area contributed by atoms with Crippen molar-refractivity contribution >= 4 is 8.80 Å². The lowest BCUT2D eigenvalue weighted by molar-refractivity contribution is 0.122. The minimum absolute atomic E-state index is 0.829. The average molecular weight is 292 g/mol. The molecule has 116 valence electrons. The fourth-order valence-electron chi connectivity index (χ4n) is 2.57. The van der Waals surface area contributed by atoms with Crippen molar-refractivity contribution in [3.8, 4) is 0 Å². The highest BCUT2D eigenvalue weighted by Gasteiger charge is 2.36. The zero-order valence-corrected chi connectivity index (χ0v) is 14.5. The Morgan fingerprint density at radius 2 is 1.53 bits per heavy atom. The van der Waals surface area contributed by atoms with E-state index in [4.69, 9.17) is 13.3 Å². The number of hydrogen-bond donors (Lipinski definition) is 1. The zero-order valence-electron chi connectivity index (χ0n) is 13.5. The molecule has 0 aromatic heterocycles. The van der Waals surface area contributed by atoms with Crippen LogP contribution < -0.4 is 5.32 Å². The molecule has 4 nitrogen and oxygen atoms in total.